The summed E-state index contributed by atoms with van der Waals surface area (Å²) in [5.74, 6) is 0.986. The molecule has 0 aliphatic rings. The van der Waals surface area contributed by atoms with Gasteiger partial charge in [-0.15, -0.1) is 0 Å². The van der Waals surface area contributed by atoms with E-state index in [1.165, 1.54) is 16.6 Å². The molecule has 2 aromatic carbocycles. The van der Waals surface area contributed by atoms with Gasteiger partial charge in [-0.1, -0.05) is 18.2 Å². The Balaban J connectivity index is 1.72. The lowest BCUT2D eigenvalue weighted by atomic mass is 10.2. The Kier molecular flexibility index (Phi) is 3.38. The fourth-order valence-electron chi connectivity index (χ4n) is 3.01. The van der Waals surface area contributed by atoms with E-state index in [0.717, 1.165) is 17.0 Å². The molecule has 0 saturated carbocycles. The standard InChI is InChI=1S/C20H20N4/c1-15-18-6-4-5-7-19(18)21-20(15)24-13-12-23(14-24)17-10-8-16(9-11-17)22(2)3/h4-14H,1-3H3. The first-order valence-electron chi connectivity index (χ1n) is 8.03. The van der Waals surface area contributed by atoms with Crippen LogP contribution in [0.25, 0.3) is 22.4 Å². The second-order valence-electron chi connectivity index (χ2n) is 6.22. The van der Waals surface area contributed by atoms with Crippen LogP contribution in [0.4, 0.5) is 5.69 Å². The van der Waals surface area contributed by atoms with Gasteiger partial charge in [0.25, 0.3) is 0 Å². The third-order valence-corrected chi connectivity index (χ3v) is 4.42. The lowest BCUT2D eigenvalue weighted by Crippen LogP contribution is -2.29. The molecular formula is C20H20N4. The highest BCUT2D eigenvalue weighted by atomic mass is 15.2. The van der Waals surface area contributed by atoms with Gasteiger partial charge in [-0.25, -0.2) is 4.98 Å². The van der Waals surface area contributed by atoms with Crippen molar-refractivity contribution < 1.29 is 4.57 Å². The maximum absolute atomic E-state index is 4.77. The zero-order valence-corrected chi connectivity index (χ0v) is 14.1. The van der Waals surface area contributed by atoms with Crippen molar-refractivity contribution >= 4 is 16.6 Å². The van der Waals surface area contributed by atoms with Gasteiger partial charge in [0.05, 0.1) is 11.8 Å². The largest absolute Gasteiger partial charge is 0.378 e. The molecular weight excluding hydrogens is 296 g/mol. The summed E-state index contributed by atoms with van der Waals surface area (Å²) in [6, 6.07) is 16.8. The van der Waals surface area contributed by atoms with Gasteiger partial charge in [-0.3, -0.25) is 4.57 Å². The van der Waals surface area contributed by atoms with E-state index in [9.17, 15) is 0 Å². The zero-order chi connectivity index (χ0) is 16.7. The van der Waals surface area contributed by atoms with Crippen molar-refractivity contribution in [3.8, 4) is 11.5 Å². The molecule has 0 N–H and O–H groups in total. The summed E-state index contributed by atoms with van der Waals surface area (Å²) in [6.07, 6.45) is 6.18. The smallest absolute Gasteiger partial charge is 0.142 e. The van der Waals surface area contributed by atoms with Crippen molar-refractivity contribution in [3.63, 3.8) is 0 Å². The highest BCUT2D eigenvalue weighted by Gasteiger charge is 2.10. The topological polar surface area (TPSA) is 26.1 Å². The highest BCUT2D eigenvalue weighted by molar-refractivity contribution is 5.85. The molecule has 0 bridgehead atoms. The number of hydrogen-bond acceptors (Lipinski definition) is 1. The van der Waals surface area contributed by atoms with Crippen molar-refractivity contribution in [1.82, 2.24) is 9.55 Å². The number of anilines is 1. The van der Waals surface area contributed by atoms with Gasteiger partial charge < -0.3 is 9.47 Å². The van der Waals surface area contributed by atoms with E-state index in [1.54, 1.807) is 0 Å². The summed E-state index contributed by atoms with van der Waals surface area (Å²) in [7, 11) is 4.10. The van der Waals surface area contributed by atoms with Gasteiger partial charge in [-0.2, -0.15) is 0 Å². The number of hydrogen-bond donors (Lipinski definition) is 0. The Hall–Kier alpha value is -3.01. The van der Waals surface area contributed by atoms with E-state index in [-0.39, 0.29) is 0 Å². The van der Waals surface area contributed by atoms with Crippen LogP contribution >= 0.6 is 0 Å². The molecule has 0 radical (unpaired) electrons. The molecule has 4 aromatic rings. The monoisotopic (exact) mass is 316 g/mol. The maximum Gasteiger partial charge on any atom is 0.142 e. The van der Waals surface area contributed by atoms with Crippen molar-refractivity contribution in [3.05, 3.63) is 72.8 Å². The van der Waals surface area contributed by atoms with Crippen molar-refractivity contribution in [1.29, 1.82) is 0 Å². The molecule has 0 spiro atoms. The summed E-state index contributed by atoms with van der Waals surface area (Å²) >= 11 is 0. The number of aryl methyl sites for hydroxylation is 1. The second kappa shape index (κ2) is 5.57. The van der Waals surface area contributed by atoms with Crippen LogP contribution in [0.1, 0.15) is 5.56 Å². The van der Waals surface area contributed by atoms with Crippen LogP contribution in [0.5, 0.6) is 0 Å². The predicted octanol–water partition coefficient (Wildman–Crippen LogP) is 3.24. The molecule has 0 atom stereocenters. The van der Waals surface area contributed by atoms with Gasteiger partial charge in [0, 0.05) is 48.8 Å². The maximum atomic E-state index is 4.77. The minimum absolute atomic E-state index is 0.986. The van der Waals surface area contributed by atoms with E-state index in [1.807, 2.05) is 26.4 Å². The zero-order valence-electron chi connectivity index (χ0n) is 14.1. The SMILES string of the molecule is Cc1c(-[n+]2ccn(-c3ccc(N(C)C)cc3)c2)[n-]c2ccccc12. The molecule has 0 fully saturated rings. The van der Waals surface area contributed by atoms with Gasteiger partial charge in [0.15, 0.2) is 0 Å². The van der Waals surface area contributed by atoms with Crippen molar-refractivity contribution in [2.45, 2.75) is 6.92 Å². The summed E-state index contributed by atoms with van der Waals surface area (Å²) in [4.78, 5) is 6.87. The first-order chi connectivity index (χ1) is 11.6. The molecule has 4 heteroatoms. The first kappa shape index (κ1) is 14.6. The number of para-hydroxylation sites is 1. The molecule has 2 heterocycles. The van der Waals surface area contributed by atoms with Crippen LogP contribution in [0.15, 0.2) is 67.3 Å². The molecule has 0 aliphatic heterocycles. The lowest BCUT2D eigenvalue weighted by Gasteiger charge is -2.12. The third kappa shape index (κ3) is 2.36. The molecule has 0 amide bonds. The van der Waals surface area contributed by atoms with E-state index in [0.29, 0.717) is 0 Å². The van der Waals surface area contributed by atoms with Gasteiger partial charge in [0.2, 0.25) is 0 Å². The fourth-order valence-corrected chi connectivity index (χ4v) is 3.01. The number of rotatable bonds is 3. The van der Waals surface area contributed by atoms with E-state index < -0.39 is 0 Å². The minimum Gasteiger partial charge on any atom is -0.378 e. The molecule has 4 nitrogen and oxygen atoms in total. The van der Waals surface area contributed by atoms with Gasteiger partial charge in [0.1, 0.15) is 5.82 Å². The van der Waals surface area contributed by atoms with E-state index in [4.69, 9.17) is 4.98 Å². The minimum atomic E-state index is 0.986. The van der Waals surface area contributed by atoms with E-state index in [2.05, 4.69) is 75.9 Å². The Bertz CT molecular complexity index is 990. The Morgan fingerprint density at radius 3 is 2.46 bits per heavy atom. The number of benzene rings is 2. The molecule has 24 heavy (non-hydrogen) atoms. The quantitative estimate of drug-likeness (QED) is 0.542. The number of fused-ring (bicyclic) bond motifs is 1. The number of aromatic nitrogens is 3. The molecule has 0 unspecified atom stereocenters. The van der Waals surface area contributed by atoms with Gasteiger partial charge in [-0.05, 0) is 37.3 Å². The number of imidazole rings is 1. The molecule has 120 valence electrons. The van der Waals surface area contributed by atoms with E-state index >= 15 is 0 Å². The first-order valence-corrected chi connectivity index (χ1v) is 8.03. The third-order valence-electron chi connectivity index (χ3n) is 4.42. The summed E-state index contributed by atoms with van der Waals surface area (Å²) < 4.78 is 4.19. The lowest BCUT2D eigenvalue weighted by molar-refractivity contribution is -0.599. The predicted molar refractivity (Wildman–Crippen MR) is 97.2 cm³/mol. The van der Waals surface area contributed by atoms with Crippen LogP contribution in [0, 0.1) is 6.92 Å². The van der Waals surface area contributed by atoms with Crippen LogP contribution in [0.2, 0.25) is 0 Å². The molecule has 4 rings (SSSR count). The molecule has 2 aromatic heterocycles. The second-order valence-corrected chi connectivity index (χ2v) is 6.22. The van der Waals surface area contributed by atoms with Crippen LogP contribution in [-0.4, -0.2) is 18.7 Å². The van der Waals surface area contributed by atoms with Crippen LogP contribution < -0.4 is 14.5 Å². The van der Waals surface area contributed by atoms with Gasteiger partial charge >= 0.3 is 0 Å². The number of nitrogens with zero attached hydrogens (tertiary/aromatic N) is 4. The fraction of sp³-hybridized carbons (Fsp3) is 0.150. The molecule has 0 aliphatic carbocycles. The summed E-state index contributed by atoms with van der Waals surface area (Å²) in [5.41, 5.74) is 4.57. The Morgan fingerprint density at radius 1 is 1.00 bits per heavy atom. The summed E-state index contributed by atoms with van der Waals surface area (Å²) in [6.45, 7) is 2.13. The Morgan fingerprint density at radius 2 is 1.75 bits per heavy atom. The average molecular weight is 316 g/mol. The van der Waals surface area contributed by atoms with Crippen LogP contribution in [-0.2, 0) is 0 Å². The highest BCUT2D eigenvalue weighted by Crippen LogP contribution is 2.20. The van der Waals surface area contributed by atoms with Crippen molar-refractivity contribution in [2.24, 2.45) is 0 Å². The average Bonchev–Trinajstić information content (AvgIpc) is 3.20. The normalized spacial score (nSPS) is 11.1. The Labute approximate surface area is 141 Å². The summed E-state index contributed by atoms with van der Waals surface area (Å²) in [5, 5.41) is 1.21. The van der Waals surface area contributed by atoms with Crippen LogP contribution in [0.3, 0.4) is 0 Å². The molecule has 0 saturated heterocycles. The van der Waals surface area contributed by atoms with Crippen molar-refractivity contribution in [2.75, 3.05) is 19.0 Å².